The molecule has 0 amide bonds. The van der Waals surface area contributed by atoms with Crippen molar-refractivity contribution in [2.24, 2.45) is 0 Å². The fourth-order valence-corrected chi connectivity index (χ4v) is 1.36. The lowest BCUT2D eigenvalue weighted by atomic mass is 10.2. The molecular weight excluding hydrogens is 222 g/mol. The van der Waals surface area contributed by atoms with Crippen molar-refractivity contribution in [3.8, 4) is 5.69 Å². The number of carbonyl (C=O) groups excluding carboxylic acids is 2. The molecule has 0 saturated heterocycles. The minimum Gasteiger partial charge on any atom is -0.463 e. The molecule has 86 valence electrons. The number of carbonyl (C=O) groups is 2. The highest BCUT2D eigenvalue weighted by atomic mass is 16.5. The maximum atomic E-state index is 11.2. The van der Waals surface area contributed by atoms with Crippen molar-refractivity contribution in [2.45, 2.75) is 0 Å². The van der Waals surface area contributed by atoms with E-state index in [9.17, 15) is 9.59 Å². The van der Waals surface area contributed by atoms with Crippen LogP contribution in [0.4, 0.5) is 0 Å². The molecule has 2 aromatic rings. The number of esters is 1. The second-order valence-electron chi connectivity index (χ2n) is 3.18. The molecule has 0 spiro atoms. The first-order valence-corrected chi connectivity index (χ1v) is 4.81. The number of benzene rings is 1. The standard InChI is InChI=1S/C11H9N3O3/c1-17-11(16)10-12-7-14(13-10)9-5-3-2-4-8(9)6-15/h2-7H,1H3. The van der Waals surface area contributed by atoms with Gasteiger partial charge in [0.05, 0.1) is 12.8 Å². The van der Waals surface area contributed by atoms with Gasteiger partial charge in [0.2, 0.25) is 0 Å². The van der Waals surface area contributed by atoms with Gasteiger partial charge in [-0.3, -0.25) is 4.79 Å². The zero-order chi connectivity index (χ0) is 12.3. The van der Waals surface area contributed by atoms with Crippen molar-refractivity contribution in [2.75, 3.05) is 7.11 Å². The van der Waals surface area contributed by atoms with E-state index in [0.717, 1.165) is 6.29 Å². The molecule has 0 radical (unpaired) electrons. The van der Waals surface area contributed by atoms with Crippen LogP contribution in [0.1, 0.15) is 21.0 Å². The number of methoxy groups -OCH3 is 1. The second kappa shape index (κ2) is 4.56. The Balaban J connectivity index is 2.43. The average molecular weight is 231 g/mol. The molecule has 1 heterocycles. The molecule has 17 heavy (non-hydrogen) atoms. The van der Waals surface area contributed by atoms with Crippen molar-refractivity contribution in [3.63, 3.8) is 0 Å². The molecule has 0 bridgehead atoms. The van der Waals surface area contributed by atoms with Crippen molar-refractivity contribution in [1.82, 2.24) is 14.8 Å². The van der Waals surface area contributed by atoms with Gasteiger partial charge in [0, 0.05) is 5.56 Å². The lowest BCUT2D eigenvalue weighted by Gasteiger charge is -2.02. The van der Waals surface area contributed by atoms with Crippen LogP contribution in [0.25, 0.3) is 5.69 Å². The van der Waals surface area contributed by atoms with Gasteiger partial charge in [-0.15, -0.1) is 5.10 Å². The van der Waals surface area contributed by atoms with Gasteiger partial charge in [0.15, 0.2) is 6.29 Å². The summed E-state index contributed by atoms with van der Waals surface area (Å²) in [7, 11) is 1.25. The quantitative estimate of drug-likeness (QED) is 0.578. The highest BCUT2D eigenvalue weighted by molar-refractivity contribution is 5.85. The summed E-state index contributed by atoms with van der Waals surface area (Å²) in [6.07, 6.45) is 2.07. The topological polar surface area (TPSA) is 74.1 Å². The lowest BCUT2D eigenvalue weighted by Crippen LogP contribution is -2.06. The van der Waals surface area contributed by atoms with Gasteiger partial charge in [-0.2, -0.15) is 0 Å². The maximum Gasteiger partial charge on any atom is 0.377 e. The van der Waals surface area contributed by atoms with Crippen LogP contribution >= 0.6 is 0 Å². The highest BCUT2D eigenvalue weighted by Gasteiger charge is 2.13. The molecule has 6 nitrogen and oxygen atoms in total. The Labute approximate surface area is 96.8 Å². The van der Waals surface area contributed by atoms with Crippen LogP contribution in [0.3, 0.4) is 0 Å². The average Bonchev–Trinajstić information content (AvgIpc) is 2.87. The normalized spacial score (nSPS) is 9.94. The monoisotopic (exact) mass is 231 g/mol. The molecule has 0 saturated carbocycles. The lowest BCUT2D eigenvalue weighted by molar-refractivity contribution is 0.0587. The molecule has 0 unspecified atom stereocenters. The molecule has 2 rings (SSSR count). The van der Waals surface area contributed by atoms with Crippen molar-refractivity contribution < 1.29 is 14.3 Å². The van der Waals surface area contributed by atoms with E-state index >= 15 is 0 Å². The molecule has 1 aromatic heterocycles. The first-order chi connectivity index (χ1) is 8.26. The second-order valence-corrected chi connectivity index (χ2v) is 3.18. The van der Waals surface area contributed by atoms with E-state index in [1.807, 2.05) is 0 Å². The van der Waals surface area contributed by atoms with E-state index in [2.05, 4.69) is 14.8 Å². The van der Waals surface area contributed by atoms with Crippen LogP contribution in [0, 0.1) is 0 Å². The predicted octanol–water partition coefficient (Wildman–Crippen LogP) is 0.866. The van der Waals surface area contributed by atoms with E-state index in [-0.39, 0.29) is 5.82 Å². The Bertz CT molecular complexity index is 563. The van der Waals surface area contributed by atoms with Crippen LogP contribution in [-0.2, 0) is 4.74 Å². The highest BCUT2D eigenvalue weighted by Crippen LogP contribution is 2.11. The summed E-state index contributed by atoms with van der Waals surface area (Å²) >= 11 is 0. The Morgan fingerprint density at radius 2 is 2.18 bits per heavy atom. The maximum absolute atomic E-state index is 11.2. The van der Waals surface area contributed by atoms with E-state index < -0.39 is 5.97 Å². The van der Waals surface area contributed by atoms with Gasteiger partial charge in [-0.1, -0.05) is 12.1 Å². The van der Waals surface area contributed by atoms with Crippen LogP contribution in [0.2, 0.25) is 0 Å². The van der Waals surface area contributed by atoms with Crippen molar-refractivity contribution >= 4 is 12.3 Å². The third-order valence-electron chi connectivity index (χ3n) is 2.17. The number of para-hydroxylation sites is 1. The molecule has 1 aromatic carbocycles. The minimum absolute atomic E-state index is 0.0480. The van der Waals surface area contributed by atoms with Crippen LogP contribution in [-0.4, -0.2) is 34.1 Å². The Kier molecular flexibility index (Phi) is 2.95. The van der Waals surface area contributed by atoms with E-state index in [4.69, 9.17) is 0 Å². The summed E-state index contributed by atoms with van der Waals surface area (Å²) in [5.41, 5.74) is 1.03. The summed E-state index contributed by atoms with van der Waals surface area (Å²) in [6.45, 7) is 0. The summed E-state index contributed by atoms with van der Waals surface area (Å²) in [5, 5.41) is 3.93. The number of nitrogens with zero attached hydrogens (tertiary/aromatic N) is 3. The predicted molar refractivity (Wildman–Crippen MR) is 58.1 cm³/mol. The van der Waals surface area contributed by atoms with Gasteiger partial charge < -0.3 is 4.74 Å². The first kappa shape index (κ1) is 11.0. The van der Waals surface area contributed by atoms with Crippen LogP contribution < -0.4 is 0 Å². The van der Waals surface area contributed by atoms with Crippen LogP contribution in [0.15, 0.2) is 30.6 Å². The fourth-order valence-electron chi connectivity index (χ4n) is 1.36. The largest absolute Gasteiger partial charge is 0.463 e. The molecule has 0 N–H and O–H groups in total. The summed E-state index contributed by atoms with van der Waals surface area (Å²) in [6, 6.07) is 6.87. The Hall–Kier alpha value is -2.50. The number of aldehydes is 1. The number of hydrogen-bond donors (Lipinski definition) is 0. The number of aromatic nitrogens is 3. The van der Waals surface area contributed by atoms with E-state index in [1.54, 1.807) is 24.3 Å². The molecule has 0 aliphatic rings. The number of ether oxygens (including phenoxy) is 1. The van der Waals surface area contributed by atoms with Gasteiger partial charge in [-0.05, 0) is 12.1 Å². The molecule has 0 atom stereocenters. The Morgan fingerprint density at radius 3 is 2.88 bits per heavy atom. The summed E-state index contributed by atoms with van der Waals surface area (Å²) < 4.78 is 5.85. The smallest absolute Gasteiger partial charge is 0.377 e. The number of hydrogen-bond acceptors (Lipinski definition) is 5. The molecule has 6 heteroatoms. The van der Waals surface area contributed by atoms with Gasteiger partial charge in [-0.25, -0.2) is 14.5 Å². The molecular formula is C11H9N3O3. The van der Waals surface area contributed by atoms with Gasteiger partial charge in [0.1, 0.15) is 6.33 Å². The third-order valence-corrected chi connectivity index (χ3v) is 2.17. The zero-order valence-corrected chi connectivity index (χ0v) is 9.03. The molecule has 0 aliphatic heterocycles. The first-order valence-electron chi connectivity index (χ1n) is 4.81. The van der Waals surface area contributed by atoms with Crippen molar-refractivity contribution in [3.05, 3.63) is 42.0 Å². The SMILES string of the molecule is COC(=O)c1ncn(-c2ccccc2C=O)n1. The molecule has 0 aliphatic carbocycles. The van der Waals surface area contributed by atoms with Crippen LogP contribution in [0.5, 0.6) is 0 Å². The summed E-state index contributed by atoms with van der Waals surface area (Å²) in [5.74, 6) is -0.666. The number of rotatable bonds is 3. The fraction of sp³-hybridized carbons (Fsp3) is 0.0909. The summed E-state index contributed by atoms with van der Waals surface area (Å²) in [4.78, 5) is 25.8. The zero-order valence-electron chi connectivity index (χ0n) is 9.03. The van der Waals surface area contributed by atoms with Gasteiger partial charge in [0.25, 0.3) is 5.82 Å². The molecule has 0 fully saturated rings. The minimum atomic E-state index is -0.618. The van der Waals surface area contributed by atoms with E-state index in [0.29, 0.717) is 11.3 Å². The Morgan fingerprint density at radius 1 is 1.41 bits per heavy atom. The van der Waals surface area contributed by atoms with Crippen molar-refractivity contribution in [1.29, 1.82) is 0 Å². The van der Waals surface area contributed by atoms with Gasteiger partial charge >= 0.3 is 5.97 Å². The van der Waals surface area contributed by atoms with E-state index in [1.165, 1.54) is 18.1 Å². The third kappa shape index (κ3) is 2.05.